The number of halogens is 1. The van der Waals surface area contributed by atoms with E-state index >= 15 is 0 Å². The van der Waals surface area contributed by atoms with Gasteiger partial charge in [0.15, 0.2) is 5.13 Å². The normalized spacial score (nSPS) is 16.3. The van der Waals surface area contributed by atoms with Crippen LogP contribution in [-0.2, 0) is 12.8 Å². The lowest BCUT2D eigenvalue weighted by Gasteiger charge is -2.22. The number of nitrogen functional groups attached to an aromatic ring is 1. The molecule has 5 rings (SSSR count). The van der Waals surface area contributed by atoms with Crippen LogP contribution < -0.4 is 11.1 Å². The summed E-state index contributed by atoms with van der Waals surface area (Å²) in [5, 5.41) is 4.37. The Labute approximate surface area is 184 Å². The van der Waals surface area contributed by atoms with Crippen LogP contribution in [0.25, 0.3) is 20.4 Å². The summed E-state index contributed by atoms with van der Waals surface area (Å²) in [6, 6.07) is 8.04. The summed E-state index contributed by atoms with van der Waals surface area (Å²) in [6.45, 7) is 2.24. The van der Waals surface area contributed by atoms with Gasteiger partial charge < -0.3 is 5.73 Å². The summed E-state index contributed by atoms with van der Waals surface area (Å²) >= 11 is 6.26. The fourth-order valence-electron chi connectivity index (χ4n) is 3.89. The van der Waals surface area contributed by atoms with Crippen molar-refractivity contribution in [3.63, 3.8) is 0 Å². The fourth-order valence-corrected chi connectivity index (χ4v) is 6.07. The molecule has 1 amide bonds. The van der Waals surface area contributed by atoms with Crippen molar-refractivity contribution in [3.05, 3.63) is 44.9 Å². The van der Waals surface area contributed by atoms with Crippen LogP contribution in [0.15, 0.2) is 28.7 Å². The molecule has 0 saturated carbocycles. The summed E-state index contributed by atoms with van der Waals surface area (Å²) in [4.78, 5) is 23.6. The standard InChI is InChI=1S/C21H19BrN4OS2/c1-2-10-3-5-14-11(7-10)8-13-17(23)18(29-20(13)24-14)19(27)26-21-25-15-9-12(22)4-6-16(15)28-21/h4,6,8-10H,2-3,5,7,23H2,1H3,(H,25,26,27)/t10-/m0/s1. The Morgan fingerprint density at radius 3 is 3.00 bits per heavy atom. The Morgan fingerprint density at radius 1 is 1.31 bits per heavy atom. The van der Waals surface area contributed by atoms with E-state index in [1.165, 1.54) is 41.1 Å². The lowest BCUT2D eigenvalue weighted by molar-refractivity contribution is 0.103. The van der Waals surface area contributed by atoms with Crippen LogP contribution in [0.5, 0.6) is 0 Å². The predicted molar refractivity (Wildman–Crippen MR) is 125 cm³/mol. The molecule has 4 aromatic rings. The molecule has 0 saturated heterocycles. The molecule has 0 aliphatic heterocycles. The third-order valence-corrected chi connectivity index (χ3v) is 8.10. The molecule has 1 aliphatic rings. The quantitative estimate of drug-likeness (QED) is 0.371. The molecule has 1 atom stereocenters. The minimum atomic E-state index is -0.229. The lowest BCUT2D eigenvalue weighted by Crippen LogP contribution is -2.14. The molecule has 1 aliphatic carbocycles. The lowest BCUT2D eigenvalue weighted by atomic mass is 9.85. The van der Waals surface area contributed by atoms with Crippen molar-refractivity contribution in [1.29, 1.82) is 0 Å². The maximum absolute atomic E-state index is 12.9. The van der Waals surface area contributed by atoms with E-state index < -0.39 is 0 Å². The van der Waals surface area contributed by atoms with Crippen molar-refractivity contribution >= 4 is 75.8 Å². The highest BCUT2D eigenvalue weighted by Crippen LogP contribution is 2.37. The number of thiophene rings is 1. The monoisotopic (exact) mass is 486 g/mol. The first-order chi connectivity index (χ1) is 14.0. The van der Waals surface area contributed by atoms with Gasteiger partial charge in [-0.3, -0.25) is 10.1 Å². The smallest absolute Gasteiger partial charge is 0.269 e. The zero-order valence-corrected chi connectivity index (χ0v) is 19.0. The maximum atomic E-state index is 12.9. The average Bonchev–Trinajstić information content (AvgIpc) is 3.25. The number of thiazole rings is 1. The van der Waals surface area contributed by atoms with E-state index in [0.29, 0.717) is 21.6 Å². The first kappa shape index (κ1) is 19.0. The van der Waals surface area contributed by atoms with Crippen molar-refractivity contribution < 1.29 is 4.79 Å². The van der Waals surface area contributed by atoms with Gasteiger partial charge in [-0.2, -0.15) is 0 Å². The minimum Gasteiger partial charge on any atom is -0.397 e. The topological polar surface area (TPSA) is 80.9 Å². The van der Waals surface area contributed by atoms with Crippen LogP contribution in [-0.4, -0.2) is 15.9 Å². The number of pyridine rings is 1. The number of carbonyl (C=O) groups excluding carboxylic acids is 1. The van der Waals surface area contributed by atoms with E-state index in [9.17, 15) is 4.79 Å². The van der Waals surface area contributed by atoms with Gasteiger partial charge in [-0.05, 0) is 55.0 Å². The summed E-state index contributed by atoms with van der Waals surface area (Å²) in [7, 11) is 0. The van der Waals surface area contributed by atoms with Gasteiger partial charge in [0.25, 0.3) is 5.91 Å². The van der Waals surface area contributed by atoms with Crippen LogP contribution in [0.3, 0.4) is 0 Å². The second-order valence-corrected chi connectivity index (χ2v) is 10.3. The van der Waals surface area contributed by atoms with Crippen LogP contribution >= 0.6 is 38.6 Å². The minimum absolute atomic E-state index is 0.229. The van der Waals surface area contributed by atoms with Crippen LogP contribution in [0.2, 0.25) is 0 Å². The number of hydrogen-bond acceptors (Lipinski definition) is 6. The molecule has 3 aromatic heterocycles. The fraction of sp³-hybridized carbons (Fsp3) is 0.286. The molecule has 3 N–H and O–H groups in total. The number of amides is 1. The SMILES string of the molecule is CC[C@H]1CCc2nc3sc(C(=O)Nc4nc5cc(Br)ccc5s4)c(N)c3cc2C1. The number of hydrogen-bond donors (Lipinski definition) is 2. The van der Waals surface area contributed by atoms with E-state index in [0.717, 1.165) is 43.4 Å². The number of fused-ring (bicyclic) bond motifs is 3. The predicted octanol–water partition coefficient (Wildman–Crippen LogP) is 6.02. The van der Waals surface area contributed by atoms with Gasteiger partial charge in [0.2, 0.25) is 0 Å². The Hall–Kier alpha value is -2.03. The molecule has 1 aromatic carbocycles. The van der Waals surface area contributed by atoms with Gasteiger partial charge in [-0.25, -0.2) is 9.97 Å². The molecule has 0 radical (unpaired) electrons. The zero-order chi connectivity index (χ0) is 20.1. The highest BCUT2D eigenvalue weighted by atomic mass is 79.9. The number of nitrogens with one attached hydrogen (secondary N) is 1. The van der Waals surface area contributed by atoms with Crippen molar-refractivity contribution in [2.75, 3.05) is 11.1 Å². The molecule has 29 heavy (non-hydrogen) atoms. The van der Waals surface area contributed by atoms with Gasteiger partial charge in [0.05, 0.1) is 15.9 Å². The number of benzene rings is 1. The van der Waals surface area contributed by atoms with Gasteiger partial charge in [-0.15, -0.1) is 11.3 Å². The number of carbonyl (C=O) groups is 1. The third-order valence-electron chi connectivity index (χ3n) is 5.54. The number of nitrogens with two attached hydrogens (primary N) is 1. The first-order valence-electron chi connectivity index (χ1n) is 9.60. The molecule has 148 valence electrons. The second-order valence-electron chi connectivity index (χ2n) is 7.39. The van der Waals surface area contributed by atoms with Gasteiger partial charge in [0.1, 0.15) is 9.71 Å². The van der Waals surface area contributed by atoms with Crippen LogP contribution in [0.1, 0.15) is 40.7 Å². The second kappa shape index (κ2) is 7.34. The molecular formula is C21H19BrN4OS2. The number of anilines is 2. The molecule has 3 heterocycles. The Kier molecular flexibility index (Phi) is 4.80. The number of rotatable bonds is 3. The van der Waals surface area contributed by atoms with Crippen molar-refractivity contribution in [2.24, 2.45) is 5.92 Å². The largest absolute Gasteiger partial charge is 0.397 e. The number of nitrogens with zero attached hydrogens (tertiary/aromatic N) is 2. The van der Waals surface area contributed by atoms with E-state index in [2.05, 4.69) is 39.2 Å². The van der Waals surface area contributed by atoms with Gasteiger partial charge >= 0.3 is 0 Å². The van der Waals surface area contributed by atoms with Crippen LogP contribution in [0, 0.1) is 5.92 Å². The highest BCUT2D eigenvalue weighted by molar-refractivity contribution is 9.10. The maximum Gasteiger partial charge on any atom is 0.269 e. The first-order valence-corrected chi connectivity index (χ1v) is 12.0. The van der Waals surface area contributed by atoms with Crippen molar-refractivity contribution in [2.45, 2.75) is 32.6 Å². The number of aromatic nitrogens is 2. The Bertz CT molecular complexity index is 1260. The Balaban J connectivity index is 1.47. The molecule has 0 unspecified atom stereocenters. The molecule has 8 heteroatoms. The third kappa shape index (κ3) is 3.43. The molecule has 0 fully saturated rings. The molecule has 5 nitrogen and oxygen atoms in total. The van der Waals surface area contributed by atoms with E-state index in [4.69, 9.17) is 10.7 Å². The van der Waals surface area contributed by atoms with E-state index in [1.54, 1.807) is 0 Å². The highest BCUT2D eigenvalue weighted by Gasteiger charge is 2.23. The summed E-state index contributed by atoms with van der Waals surface area (Å²) in [5.74, 6) is 0.483. The Morgan fingerprint density at radius 2 is 2.17 bits per heavy atom. The molecular weight excluding hydrogens is 468 g/mol. The summed E-state index contributed by atoms with van der Waals surface area (Å²) in [6.07, 6.45) is 4.42. The zero-order valence-electron chi connectivity index (χ0n) is 15.8. The van der Waals surface area contributed by atoms with E-state index in [1.807, 2.05) is 18.2 Å². The van der Waals surface area contributed by atoms with Gasteiger partial charge in [0, 0.05) is 15.6 Å². The molecule has 0 bridgehead atoms. The van der Waals surface area contributed by atoms with Crippen molar-refractivity contribution in [1.82, 2.24) is 9.97 Å². The average molecular weight is 487 g/mol. The summed E-state index contributed by atoms with van der Waals surface area (Å²) in [5.41, 5.74) is 10.2. The van der Waals surface area contributed by atoms with Gasteiger partial charge in [-0.1, -0.05) is 40.6 Å². The van der Waals surface area contributed by atoms with Crippen molar-refractivity contribution in [3.8, 4) is 0 Å². The summed E-state index contributed by atoms with van der Waals surface area (Å²) < 4.78 is 1.98. The number of aryl methyl sites for hydroxylation is 1. The van der Waals surface area contributed by atoms with Crippen LogP contribution in [0.4, 0.5) is 10.8 Å². The molecule has 0 spiro atoms. The van der Waals surface area contributed by atoms with E-state index in [-0.39, 0.29) is 5.91 Å².